The molecule has 0 N–H and O–H groups in total. The van der Waals surface area contributed by atoms with Gasteiger partial charge in [-0.05, 0) is 54.8 Å². The van der Waals surface area contributed by atoms with Crippen molar-refractivity contribution in [3.05, 3.63) is 64.3 Å². The standard InChI is InChI=1S/C24H22Cl2N2O3S.Na/c1-27-11-8-17-14-18(4-5-19(17)27)32-20-6-2-15(22(25)23(20)26)3-7-21(29)28-12-9-16(10-13-28)24(30)31;/h2-8,11,14,16H,9-10,12-13H2,1H3,(H,30,31);/q;+1/p-1/b7-3+;. The van der Waals surface area contributed by atoms with Gasteiger partial charge in [0.1, 0.15) is 0 Å². The second kappa shape index (κ2) is 11.3. The van der Waals surface area contributed by atoms with Gasteiger partial charge < -0.3 is 19.4 Å². The van der Waals surface area contributed by atoms with Crippen molar-refractivity contribution < 1.29 is 44.3 Å². The topological polar surface area (TPSA) is 65.4 Å². The molecule has 1 aliphatic rings. The Kier molecular flexibility index (Phi) is 9.01. The average molecular weight is 511 g/mol. The molecule has 166 valence electrons. The summed E-state index contributed by atoms with van der Waals surface area (Å²) in [7, 11) is 2.01. The van der Waals surface area contributed by atoms with Crippen LogP contribution < -0.4 is 34.7 Å². The molecule has 3 aromatic rings. The van der Waals surface area contributed by atoms with E-state index in [2.05, 4.69) is 22.8 Å². The predicted molar refractivity (Wildman–Crippen MR) is 127 cm³/mol. The molecule has 0 saturated carbocycles. The summed E-state index contributed by atoms with van der Waals surface area (Å²) in [6.07, 6.45) is 5.94. The van der Waals surface area contributed by atoms with Crippen LogP contribution >= 0.6 is 35.0 Å². The molecule has 0 aliphatic carbocycles. The number of carbonyl (C=O) groups is 2. The number of carbonyl (C=O) groups excluding carboxylic acids is 2. The summed E-state index contributed by atoms with van der Waals surface area (Å²) in [6, 6.07) is 12.0. The van der Waals surface area contributed by atoms with Gasteiger partial charge in [-0.15, -0.1) is 0 Å². The Morgan fingerprint density at radius 2 is 1.82 bits per heavy atom. The molecule has 0 bridgehead atoms. The van der Waals surface area contributed by atoms with E-state index < -0.39 is 11.9 Å². The van der Waals surface area contributed by atoms with Crippen LogP contribution in [0, 0.1) is 5.92 Å². The molecular weight excluding hydrogens is 490 g/mol. The maximum absolute atomic E-state index is 12.5. The Labute approximate surface area is 229 Å². The zero-order valence-corrected chi connectivity index (χ0v) is 22.7. The molecule has 1 aromatic heterocycles. The number of carboxylic acid groups (broad SMARTS) is 1. The number of aromatic nitrogens is 1. The maximum atomic E-state index is 12.5. The second-order valence-corrected chi connectivity index (χ2v) is 9.65. The summed E-state index contributed by atoms with van der Waals surface area (Å²) < 4.78 is 2.07. The normalized spacial score (nSPS) is 14.6. The first-order valence-corrected chi connectivity index (χ1v) is 11.8. The molecule has 1 saturated heterocycles. The van der Waals surface area contributed by atoms with Crippen molar-refractivity contribution in [1.82, 2.24) is 9.47 Å². The molecule has 0 unspecified atom stereocenters. The number of aliphatic carboxylic acids is 1. The Hall–Kier alpha value is -1.41. The van der Waals surface area contributed by atoms with E-state index in [-0.39, 0.29) is 35.5 Å². The number of benzene rings is 2. The van der Waals surface area contributed by atoms with Crippen molar-refractivity contribution in [2.45, 2.75) is 22.6 Å². The quantitative estimate of drug-likeness (QED) is 0.386. The van der Waals surface area contributed by atoms with Gasteiger partial charge in [0.25, 0.3) is 0 Å². The van der Waals surface area contributed by atoms with Gasteiger partial charge in [-0.3, -0.25) is 4.79 Å². The molecule has 4 rings (SSSR count). The van der Waals surface area contributed by atoms with Crippen LogP contribution in [0.1, 0.15) is 18.4 Å². The van der Waals surface area contributed by atoms with E-state index >= 15 is 0 Å². The van der Waals surface area contributed by atoms with Crippen LogP contribution in [0.5, 0.6) is 0 Å². The van der Waals surface area contributed by atoms with Crippen LogP contribution in [0.4, 0.5) is 0 Å². The van der Waals surface area contributed by atoms with Gasteiger partial charge in [-0.25, -0.2) is 0 Å². The van der Waals surface area contributed by atoms with E-state index in [0.29, 0.717) is 41.5 Å². The third-order valence-corrected chi connectivity index (χ3v) is 7.76. The first-order chi connectivity index (χ1) is 15.3. The fourth-order valence-corrected chi connectivity index (χ4v) is 5.28. The fourth-order valence-electron chi connectivity index (χ4n) is 3.81. The van der Waals surface area contributed by atoms with E-state index in [4.69, 9.17) is 23.2 Å². The largest absolute Gasteiger partial charge is 1.00 e. The average Bonchev–Trinajstić information content (AvgIpc) is 3.16. The molecule has 2 heterocycles. The number of fused-ring (bicyclic) bond motifs is 1. The van der Waals surface area contributed by atoms with Crippen molar-refractivity contribution in [3.63, 3.8) is 0 Å². The number of nitrogens with zero attached hydrogens (tertiary/aromatic N) is 2. The number of aryl methyl sites for hydroxylation is 1. The summed E-state index contributed by atoms with van der Waals surface area (Å²) in [5.41, 5.74) is 1.81. The third-order valence-electron chi connectivity index (χ3n) is 5.71. The van der Waals surface area contributed by atoms with Crippen molar-refractivity contribution in [2.75, 3.05) is 13.1 Å². The van der Waals surface area contributed by atoms with Crippen molar-refractivity contribution in [2.24, 2.45) is 13.0 Å². The zero-order valence-electron chi connectivity index (χ0n) is 18.4. The molecule has 5 nitrogen and oxygen atoms in total. The van der Waals surface area contributed by atoms with Crippen LogP contribution in [0.15, 0.2) is 58.5 Å². The van der Waals surface area contributed by atoms with Gasteiger partial charge >= 0.3 is 29.6 Å². The minimum absolute atomic E-state index is 0. The molecule has 0 radical (unpaired) electrons. The van der Waals surface area contributed by atoms with E-state index in [1.54, 1.807) is 11.0 Å². The van der Waals surface area contributed by atoms with Crippen LogP contribution in [-0.4, -0.2) is 34.4 Å². The number of amides is 1. The summed E-state index contributed by atoms with van der Waals surface area (Å²) in [5, 5.41) is 12.9. The fraction of sp³-hybridized carbons (Fsp3) is 0.250. The molecule has 1 amide bonds. The number of hydrogen-bond acceptors (Lipinski definition) is 4. The number of carboxylic acids is 1. The molecule has 33 heavy (non-hydrogen) atoms. The molecule has 0 atom stereocenters. The molecule has 1 aliphatic heterocycles. The first kappa shape index (κ1) is 26.2. The van der Waals surface area contributed by atoms with Crippen LogP contribution in [0.2, 0.25) is 10.0 Å². The molecule has 1 fully saturated rings. The third kappa shape index (κ3) is 5.99. The Morgan fingerprint density at radius 3 is 2.52 bits per heavy atom. The van der Waals surface area contributed by atoms with Gasteiger partial charge in [0.05, 0.1) is 10.0 Å². The Bertz CT molecular complexity index is 1220. The summed E-state index contributed by atoms with van der Waals surface area (Å²) in [6.45, 7) is 0.801. The van der Waals surface area contributed by atoms with E-state index in [0.717, 1.165) is 20.7 Å². The number of likely N-dealkylation sites (tertiary alicyclic amines) is 1. The maximum Gasteiger partial charge on any atom is 1.00 e. The number of halogens is 2. The smallest absolute Gasteiger partial charge is 0.550 e. The molecule has 9 heteroatoms. The van der Waals surface area contributed by atoms with Gasteiger partial charge in [-0.2, -0.15) is 0 Å². The minimum atomic E-state index is -1.05. The van der Waals surface area contributed by atoms with Crippen LogP contribution in [0.25, 0.3) is 17.0 Å². The van der Waals surface area contributed by atoms with Gasteiger partial charge in [0.15, 0.2) is 0 Å². The van der Waals surface area contributed by atoms with Crippen molar-refractivity contribution in [1.29, 1.82) is 0 Å². The number of hydrogen-bond donors (Lipinski definition) is 0. The van der Waals surface area contributed by atoms with Gasteiger partial charge in [0, 0.05) is 65.0 Å². The van der Waals surface area contributed by atoms with Gasteiger partial charge in [0.2, 0.25) is 5.91 Å². The Morgan fingerprint density at radius 1 is 1.09 bits per heavy atom. The molecular formula is C24H21Cl2N2NaO3S. The van der Waals surface area contributed by atoms with Crippen LogP contribution in [-0.2, 0) is 16.6 Å². The summed E-state index contributed by atoms with van der Waals surface area (Å²) >= 11 is 14.6. The zero-order chi connectivity index (χ0) is 22.8. The van der Waals surface area contributed by atoms with E-state index in [1.165, 1.54) is 17.8 Å². The SMILES string of the molecule is Cn1ccc2cc(Sc3ccc(/C=C/C(=O)N4CCC(C(=O)[O-])CC4)c(Cl)c3Cl)ccc21.[Na+]. The number of rotatable bonds is 5. The van der Waals surface area contributed by atoms with E-state index in [1.807, 2.05) is 31.4 Å². The number of piperidine rings is 1. The van der Waals surface area contributed by atoms with E-state index in [9.17, 15) is 14.7 Å². The monoisotopic (exact) mass is 510 g/mol. The second-order valence-electron chi connectivity index (χ2n) is 7.78. The van der Waals surface area contributed by atoms with Crippen LogP contribution in [0.3, 0.4) is 0 Å². The molecule has 2 aromatic carbocycles. The summed E-state index contributed by atoms with van der Waals surface area (Å²) in [4.78, 5) is 26.9. The molecule has 0 spiro atoms. The van der Waals surface area contributed by atoms with Gasteiger partial charge in [-0.1, -0.05) is 41.0 Å². The van der Waals surface area contributed by atoms with Crippen molar-refractivity contribution in [3.8, 4) is 0 Å². The first-order valence-electron chi connectivity index (χ1n) is 10.2. The predicted octanol–water partition coefficient (Wildman–Crippen LogP) is 1.64. The summed E-state index contributed by atoms with van der Waals surface area (Å²) in [5.74, 6) is -1.71. The Balaban J connectivity index is 0.00000306. The van der Waals surface area contributed by atoms with Crippen molar-refractivity contribution >= 4 is 63.8 Å². The minimum Gasteiger partial charge on any atom is -0.550 e.